The van der Waals surface area contributed by atoms with E-state index in [0.717, 1.165) is 44.5 Å². The van der Waals surface area contributed by atoms with Crippen LogP contribution in [0.2, 0.25) is 0 Å². The van der Waals surface area contributed by atoms with Crippen LogP contribution >= 0.6 is 0 Å². The standard InChI is InChI=1S/C50H46O8/c1-5-35-9-21-41(22-10-35)31-55-47(51)45(48(52)56-32-42-23-11-36(6-2)12-24-42)29-39-17-19-40(20-18-39)30-46(49(53)57-33-43-25-13-37(7-3)14-26-43)50(54)58-34-44-27-15-38(8-4)16-28-44/h5-28,45-46H,1-4,29-34H2. The molecule has 0 aliphatic rings. The van der Waals surface area contributed by atoms with Gasteiger partial charge in [0, 0.05) is 0 Å². The highest BCUT2D eigenvalue weighted by atomic mass is 16.6. The molecule has 0 aliphatic carbocycles. The topological polar surface area (TPSA) is 105 Å². The summed E-state index contributed by atoms with van der Waals surface area (Å²) in [4.78, 5) is 53.9. The van der Waals surface area contributed by atoms with Gasteiger partial charge < -0.3 is 18.9 Å². The lowest BCUT2D eigenvalue weighted by molar-refractivity contribution is -0.165. The minimum absolute atomic E-state index is 0.00838. The maximum Gasteiger partial charge on any atom is 0.321 e. The van der Waals surface area contributed by atoms with Gasteiger partial charge in [-0.2, -0.15) is 0 Å². The molecule has 0 fully saturated rings. The number of benzene rings is 5. The molecule has 8 heteroatoms. The van der Waals surface area contributed by atoms with Crippen LogP contribution in [-0.2, 0) is 77.4 Å². The van der Waals surface area contributed by atoms with Gasteiger partial charge in [-0.05, 0) is 68.5 Å². The highest BCUT2D eigenvalue weighted by molar-refractivity contribution is 5.96. The van der Waals surface area contributed by atoms with Crippen LogP contribution in [0.5, 0.6) is 0 Å². The fraction of sp³-hybridized carbons (Fsp3) is 0.160. The predicted octanol–water partition coefficient (Wildman–Crippen LogP) is 9.55. The first-order valence-electron chi connectivity index (χ1n) is 18.8. The smallest absolute Gasteiger partial charge is 0.321 e. The van der Waals surface area contributed by atoms with Gasteiger partial charge >= 0.3 is 23.9 Å². The molecule has 0 spiro atoms. The minimum Gasteiger partial charge on any atom is -0.460 e. The van der Waals surface area contributed by atoms with Crippen molar-refractivity contribution in [2.24, 2.45) is 11.8 Å². The second-order valence-corrected chi connectivity index (χ2v) is 13.5. The van der Waals surface area contributed by atoms with E-state index in [2.05, 4.69) is 26.3 Å². The normalized spacial score (nSPS) is 10.7. The molecule has 58 heavy (non-hydrogen) atoms. The number of esters is 4. The van der Waals surface area contributed by atoms with Crippen molar-refractivity contribution in [3.8, 4) is 0 Å². The van der Waals surface area contributed by atoms with Gasteiger partial charge in [0.25, 0.3) is 0 Å². The molecule has 5 aromatic carbocycles. The largest absolute Gasteiger partial charge is 0.460 e. The summed E-state index contributed by atoms with van der Waals surface area (Å²) in [6.45, 7) is 14.9. The van der Waals surface area contributed by atoms with E-state index in [1.807, 2.05) is 97.1 Å². The Morgan fingerprint density at radius 1 is 0.345 bits per heavy atom. The molecule has 0 heterocycles. The molecule has 0 aliphatic heterocycles. The summed E-state index contributed by atoms with van der Waals surface area (Å²) in [7, 11) is 0. The van der Waals surface area contributed by atoms with Gasteiger partial charge in [0.1, 0.15) is 26.4 Å². The fourth-order valence-electron chi connectivity index (χ4n) is 5.83. The van der Waals surface area contributed by atoms with Gasteiger partial charge in [0.2, 0.25) is 0 Å². The highest BCUT2D eigenvalue weighted by Crippen LogP contribution is 2.21. The molecular weight excluding hydrogens is 729 g/mol. The summed E-state index contributed by atoms with van der Waals surface area (Å²) in [6.07, 6.45) is 6.84. The Labute approximate surface area is 339 Å². The lowest BCUT2D eigenvalue weighted by Gasteiger charge is -2.17. The first-order valence-corrected chi connectivity index (χ1v) is 18.8. The van der Waals surface area contributed by atoms with Crippen molar-refractivity contribution in [1.29, 1.82) is 0 Å². The van der Waals surface area contributed by atoms with E-state index in [1.165, 1.54) is 0 Å². The second kappa shape index (κ2) is 21.3. The number of ether oxygens (including phenoxy) is 4. The van der Waals surface area contributed by atoms with Crippen molar-refractivity contribution >= 4 is 48.2 Å². The van der Waals surface area contributed by atoms with Crippen molar-refractivity contribution in [3.63, 3.8) is 0 Å². The summed E-state index contributed by atoms with van der Waals surface area (Å²) >= 11 is 0. The van der Waals surface area contributed by atoms with E-state index >= 15 is 0 Å². The third kappa shape index (κ3) is 12.5. The van der Waals surface area contributed by atoms with Crippen LogP contribution in [-0.4, -0.2) is 23.9 Å². The number of hydrogen-bond acceptors (Lipinski definition) is 8. The average Bonchev–Trinajstić information content (AvgIpc) is 3.27. The summed E-state index contributed by atoms with van der Waals surface area (Å²) in [6, 6.07) is 36.4. The zero-order chi connectivity index (χ0) is 41.3. The monoisotopic (exact) mass is 774 g/mol. The Hall–Kier alpha value is -7.06. The van der Waals surface area contributed by atoms with Crippen LogP contribution in [0.15, 0.2) is 148 Å². The van der Waals surface area contributed by atoms with E-state index in [1.54, 1.807) is 48.6 Å². The van der Waals surface area contributed by atoms with E-state index in [9.17, 15) is 19.2 Å². The van der Waals surface area contributed by atoms with Gasteiger partial charge in [0.15, 0.2) is 11.8 Å². The maximum atomic E-state index is 13.5. The highest BCUT2D eigenvalue weighted by Gasteiger charge is 2.32. The summed E-state index contributed by atoms with van der Waals surface area (Å²) < 4.78 is 22.5. The Balaban J connectivity index is 1.29. The third-order valence-corrected chi connectivity index (χ3v) is 9.43. The maximum absolute atomic E-state index is 13.5. The van der Waals surface area contributed by atoms with Gasteiger partial charge in [-0.25, -0.2) is 0 Å². The summed E-state index contributed by atoms with van der Waals surface area (Å²) in [5, 5.41) is 0. The molecule has 8 nitrogen and oxygen atoms in total. The molecule has 0 saturated carbocycles. The molecule has 294 valence electrons. The van der Waals surface area contributed by atoms with Crippen molar-refractivity contribution in [2.45, 2.75) is 39.3 Å². The Kier molecular flexibility index (Phi) is 15.5. The molecule has 0 atom stereocenters. The van der Waals surface area contributed by atoms with Crippen LogP contribution in [0, 0.1) is 11.8 Å². The lowest BCUT2D eigenvalue weighted by Crippen LogP contribution is -2.30. The zero-order valence-corrected chi connectivity index (χ0v) is 32.3. The van der Waals surface area contributed by atoms with E-state index < -0.39 is 35.7 Å². The van der Waals surface area contributed by atoms with Gasteiger partial charge in [0.05, 0.1) is 0 Å². The number of carbonyl (C=O) groups is 4. The lowest BCUT2D eigenvalue weighted by atomic mass is 9.95. The average molecular weight is 775 g/mol. The van der Waals surface area contributed by atoms with Crippen LogP contribution < -0.4 is 0 Å². The van der Waals surface area contributed by atoms with Crippen LogP contribution in [0.3, 0.4) is 0 Å². The Bertz CT molecular complexity index is 1900. The molecular formula is C50H46O8. The van der Waals surface area contributed by atoms with Crippen molar-refractivity contribution < 1.29 is 38.1 Å². The molecule has 0 unspecified atom stereocenters. The number of hydrogen-bond donors (Lipinski definition) is 0. The first kappa shape index (κ1) is 42.1. The zero-order valence-electron chi connectivity index (χ0n) is 32.3. The van der Waals surface area contributed by atoms with E-state index in [0.29, 0.717) is 11.1 Å². The van der Waals surface area contributed by atoms with Crippen LogP contribution in [0.4, 0.5) is 0 Å². The minimum atomic E-state index is -1.26. The van der Waals surface area contributed by atoms with Crippen molar-refractivity contribution in [2.75, 3.05) is 0 Å². The predicted molar refractivity (Wildman–Crippen MR) is 226 cm³/mol. The quantitative estimate of drug-likeness (QED) is 0.0438. The number of carbonyl (C=O) groups excluding carboxylic acids is 4. The second-order valence-electron chi connectivity index (χ2n) is 13.5. The summed E-state index contributed by atoms with van der Waals surface area (Å²) in [5.74, 6) is -5.44. The van der Waals surface area contributed by atoms with Crippen LogP contribution in [0.1, 0.15) is 55.6 Å². The molecule has 5 rings (SSSR count). The van der Waals surface area contributed by atoms with Crippen molar-refractivity contribution in [1.82, 2.24) is 0 Å². The molecule has 0 radical (unpaired) electrons. The molecule has 0 bridgehead atoms. The first-order chi connectivity index (χ1) is 28.2. The third-order valence-electron chi connectivity index (χ3n) is 9.43. The van der Waals surface area contributed by atoms with Crippen molar-refractivity contribution in [3.05, 3.63) is 203 Å². The molecule has 5 aromatic rings. The summed E-state index contributed by atoms with van der Waals surface area (Å²) in [5.41, 5.74) is 7.97. The van der Waals surface area contributed by atoms with Gasteiger partial charge in [-0.15, -0.1) is 0 Å². The Morgan fingerprint density at radius 3 is 0.724 bits per heavy atom. The van der Waals surface area contributed by atoms with E-state index in [-0.39, 0.29) is 39.3 Å². The molecule has 0 amide bonds. The molecule has 0 saturated heterocycles. The molecule has 0 aromatic heterocycles. The van der Waals surface area contributed by atoms with E-state index in [4.69, 9.17) is 18.9 Å². The van der Waals surface area contributed by atoms with Crippen LogP contribution in [0.25, 0.3) is 24.3 Å². The fourth-order valence-corrected chi connectivity index (χ4v) is 5.83. The Morgan fingerprint density at radius 2 is 0.534 bits per heavy atom. The SMILES string of the molecule is C=Cc1ccc(COC(=O)C(Cc2ccc(CC(C(=O)OCc3ccc(C=C)cc3)C(=O)OCc3ccc(C=C)cc3)cc2)C(=O)OCc2ccc(C=C)cc2)cc1. The molecule has 0 N–H and O–H groups in total. The van der Waals surface area contributed by atoms with Gasteiger partial charge in [-0.3, -0.25) is 19.2 Å². The van der Waals surface area contributed by atoms with Gasteiger partial charge in [-0.1, -0.05) is 172 Å². The number of rotatable bonds is 20.